The number of nitroso groups, excluding NO2 is 1. The summed E-state index contributed by atoms with van der Waals surface area (Å²) in [6, 6.07) is 6.33. The van der Waals surface area contributed by atoms with Gasteiger partial charge in [-0.3, -0.25) is 0 Å². The third kappa shape index (κ3) is 3.36. The third-order valence-corrected chi connectivity index (χ3v) is 8.01. The van der Waals surface area contributed by atoms with Crippen molar-refractivity contribution < 1.29 is 18.1 Å². The predicted molar refractivity (Wildman–Crippen MR) is 108 cm³/mol. The monoisotopic (exact) mass is 407 g/mol. The molecule has 0 bridgehead atoms. The Balaban J connectivity index is 1.63. The number of methoxy groups -OCH3 is 1. The van der Waals surface area contributed by atoms with E-state index in [-0.39, 0.29) is 11.5 Å². The molecule has 1 aromatic carbocycles. The molecule has 0 aromatic heterocycles. The Labute approximate surface area is 171 Å². The molecular formula is C21H29NO5S. The predicted octanol–water partition coefficient (Wildman–Crippen LogP) is 5.39. The summed E-state index contributed by atoms with van der Waals surface area (Å²) in [7, 11) is 3.21. The molecule has 28 heavy (non-hydrogen) atoms. The lowest BCUT2D eigenvalue weighted by Gasteiger charge is -2.51. The maximum atomic E-state index is 11.4. The summed E-state index contributed by atoms with van der Waals surface area (Å²) in [5.74, 6) is 2.80. The molecule has 3 aliphatic carbocycles. The molecule has 2 fully saturated rings. The van der Waals surface area contributed by atoms with Crippen LogP contribution in [0.4, 0.5) is 0 Å². The molecule has 6 atom stereocenters. The molecule has 0 N–H and O–H groups in total. The molecule has 4 rings (SSSR count). The Morgan fingerprint density at radius 2 is 2.07 bits per heavy atom. The van der Waals surface area contributed by atoms with Crippen LogP contribution in [0.1, 0.15) is 62.0 Å². The van der Waals surface area contributed by atoms with Gasteiger partial charge < -0.3 is 8.92 Å². The van der Waals surface area contributed by atoms with E-state index < -0.39 is 0 Å². The smallest absolute Gasteiger partial charge is 0.258 e. The highest BCUT2D eigenvalue weighted by Gasteiger charge is 2.56. The zero-order valence-corrected chi connectivity index (χ0v) is 17.6. The molecule has 2 saturated carbocycles. The van der Waals surface area contributed by atoms with Gasteiger partial charge in [0.1, 0.15) is 5.75 Å². The first-order chi connectivity index (χ1) is 13.6. The fourth-order valence-electron chi connectivity index (χ4n) is 6.34. The molecule has 7 heteroatoms. The summed E-state index contributed by atoms with van der Waals surface area (Å²) in [6.07, 6.45) is 5.37. The summed E-state index contributed by atoms with van der Waals surface area (Å²) >= 11 is 0.816. The lowest BCUT2D eigenvalue weighted by molar-refractivity contribution is -0.164. The zero-order chi connectivity index (χ0) is 19.7. The second-order valence-corrected chi connectivity index (χ2v) is 9.12. The Hall–Kier alpha value is -1.15. The van der Waals surface area contributed by atoms with Crippen LogP contribution in [0, 0.1) is 22.2 Å². The van der Waals surface area contributed by atoms with Crippen LogP contribution in [-0.4, -0.2) is 26.9 Å². The lowest BCUT2D eigenvalue weighted by atomic mass is 9.54. The van der Waals surface area contributed by atoms with Crippen LogP contribution < -0.4 is 4.18 Å². The van der Waals surface area contributed by atoms with Gasteiger partial charge in [0.05, 0.1) is 19.8 Å². The number of hydrogen-bond donors (Lipinski definition) is 0. The van der Waals surface area contributed by atoms with Gasteiger partial charge in [-0.2, -0.15) is 4.91 Å². The third-order valence-electron chi connectivity index (χ3n) is 7.56. The zero-order valence-electron chi connectivity index (χ0n) is 16.8. The first-order valence-corrected chi connectivity index (χ1v) is 10.8. The molecule has 3 aliphatic rings. The van der Waals surface area contributed by atoms with E-state index in [0.717, 1.165) is 50.2 Å². The molecule has 6 unspecified atom stereocenters. The van der Waals surface area contributed by atoms with Crippen molar-refractivity contribution in [3.8, 4) is 5.75 Å². The van der Waals surface area contributed by atoms with Crippen LogP contribution in [0.2, 0.25) is 0 Å². The van der Waals surface area contributed by atoms with Crippen LogP contribution in [-0.2, 0) is 14.0 Å². The van der Waals surface area contributed by atoms with Gasteiger partial charge in [-0.1, -0.05) is 18.2 Å². The van der Waals surface area contributed by atoms with Crippen LogP contribution in [0.25, 0.3) is 0 Å². The first kappa shape index (κ1) is 20.1. The SMILES string of the molecule is COCC1CC2C(CCC3(C)C(N=O)CCC23)c2ccc(OSOOC)cc21. The Kier molecular flexibility index (Phi) is 5.97. The number of ether oxygens (including phenoxy) is 1. The second-order valence-electron chi connectivity index (χ2n) is 8.68. The number of benzene rings is 1. The molecule has 0 spiro atoms. The minimum atomic E-state index is -0.0192. The fourth-order valence-corrected chi connectivity index (χ4v) is 6.60. The molecule has 6 nitrogen and oxygen atoms in total. The van der Waals surface area contributed by atoms with E-state index in [1.165, 1.54) is 18.2 Å². The largest absolute Gasteiger partial charge is 0.399 e. The fraction of sp³-hybridized carbons (Fsp3) is 0.714. The van der Waals surface area contributed by atoms with Gasteiger partial charge in [0.2, 0.25) is 0 Å². The molecule has 0 heterocycles. The van der Waals surface area contributed by atoms with E-state index >= 15 is 0 Å². The number of hydrogen-bond acceptors (Lipinski definition) is 7. The minimum Gasteiger partial charge on any atom is -0.399 e. The second kappa shape index (κ2) is 8.30. The van der Waals surface area contributed by atoms with E-state index in [9.17, 15) is 4.91 Å². The Morgan fingerprint density at radius 3 is 2.82 bits per heavy atom. The van der Waals surface area contributed by atoms with E-state index in [4.69, 9.17) is 13.3 Å². The summed E-state index contributed by atoms with van der Waals surface area (Å²) in [5, 5.41) is 3.51. The van der Waals surface area contributed by atoms with Gasteiger partial charge in [-0.25, -0.2) is 4.89 Å². The van der Waals surface area contributed by atoms with Crippen molar-refractivity contribution in [1.82, 2.24) is 0 Å². The molecular weight excluding hydrogens is 378 g/mol. The maximum absolute atomic E-state index is 11.4. The molecule has 1 aromatic rings. The van der Waals surface area contributed by atoms with Gasteiger partial charge in [-0.15, -0.1) is 4.33 Å². The van der Waals surface area contributed by atoms with Crippen molar-refractivity contribution in [2.24, 2.45) is 22.4 Å². The van der Waals surface area contributed by atoms with E-state index in [2.05, 4.69) is 29.1 Å². The van der Waals surface area contributed by atoms with Crippen molar-refractivity contribution in [2.45, 2.75) is 56.9 Å². The molecule has 0 saturated heterocycles. The first-order valence-electron chi connectivity index (χ1n) is 10.1. The van der Waals surface area contributed by atoms with Crippen LogP contribution in [0.15, 0.2) is 23.4 Å². The maximum Gasteiger partial charge on any atom is 0.258 e. The van der Waals surface area contributed by atoms with Crippen molar-refractivity contribution in [1.29, 1.82) is 0 Å². The van der Waals surface area contributed by atoms with Crippen molar-refractivity contribution in [2.75, 3.05) is 20.8 Å². The van der Waals surface area contributed by atoms with Gasteiger partial charge in [0, 0.05) is 13.0 Å². The van der Waals surface area contributed by atoms with E-state index in [0.29, 0.717) is 30.3 Å². The summed E-state index contributed by atoms with van der Waals surface area (Å²) in [5.41, 5.74) is 2.81. The average molecular weight is 408 g/mol. The Morgan fingerprint density at radius 1 is 1.21 bits per heavy atom. The Bertz CT molecular complexity index is 716. The highest BCUT2D eigenvalue weighted by molar-refractivity contribution is 7.90. The molecule has 154 valence electrons. The van der Waals surface area contributed by atoms with Crippen molar-refractivity contribution >= 4 is 12.3 Å². The summed E-state index contributed by atoms with van der Waals surface area (Å²) in [6.45, 7) is 3.00. The van der Waals surface area contributed by atoms with Crippen LogP contribution >= 0.6 is 12.3 Å². The molecule has 0 aliphatic heterocycles. The number of rotatable bonds is 7. The average Bonchev–Trinajstić information content (AvgIpc) is 3.05. The highest BCUT2D eigenvalue weighted by Crippen LogP contribution is 2.63. The van der Waals surface area contributed by atoms with Crippen molar-refractivity contribution in [3.63, 3.8) is 0 Å². The van der Waals surface area contributed by atoms with Gasteiger partial charge in [0.15, 0.2) is 0 Å². The van der Waals surface area contributed by atoms with Gasteiger partial charge in [0.25, 0.3) is 12.3 Å². The molecule has 0 amide bonds. The summed E-state index contributed by atoms with van der Waals surface area (Å²) in [4.78, 5) is 16.0. The van der Waals surface area contributed by atoms with Crippen LogP contribution in [0.5, 0.6) is 5.75 Å². The van der Waals surface area contributed by atoms with Gasteiger partial charge in [-0.05, 0) is 78.5 Å². The normalized spacial score (nSPS) is 36.3. The summed E-state index contributed by atoms with van der Waals surface area (Å²) < 4.78 is 15.9. The lowest BCUT2D eigenvalue weighted by Crippen LogP contribution is -2.44. The number of fused-ring (bicyclic) bond motifs is 5. The number of nitrogens with zero attached hydrogens (tertiary/aromatic N) is 1. The minimum absolute atomic E-state index is 0.0192. The van der Waals surface area contributed by atoms with Crippen molar-refractivity contribution in [3.05, 3.63) is 34.2 Å². The standard InChI is InChI=1S/C21H29NO5S/c1-21-9-8-16-15-5-4-14(26-28-27-25-3)11-17(15)13(12-24-2)10-18(16)19(21)6-7-20(21)22-23/h4-5,11,13,16,18-20H,6-10,12H2,1-3H3. The van der Waals surface area contributed by atoms with E-state index in [1.54, 1.807) is 7.11 Å². The van der Waals surface area contributed by atoms with E-state index in [1.807, 2.05) is 6.07 Å². The topological polar surface area (TPSA) is 66.4 Å². The van der Waals surface area contributed by atoms with Crippen LogP contribution in [0.3, 0.4) is 0 Å². The highest BCUT2D eigenvalue weighted by atomic mass is 32.2. The quantitative estimate of drug-likeness (QED) is 0.199. The van der Waals surface area contributed by atoms with Gasteiger partial charge >= 0.3 is 0 Å². The molecule has 0 radical (unpaired) electrons.